The van der Waals surface area contributed by atoms with E-state index in [0.717, 1.165) is 69.5 Å². The van der Waals surface area contributed by atoms with Crippen molar-refractivity contribution in [2.75, 3.05) is 19.7 Å². The molecule has 144 valence electrons. The number of hydrogen-bond donors (Lipinski definition) is 0. The van der Waals surface area contributed by atoms with Gasteiger partial charge in [0.1, 0.15) is 0 Å². The fourth-order valence-corrected chi connectivity index (χ4v) is 4.54. The molecule has 2 heterocycles. The number of ether oxygens (including phenoxy) is 1. The fourth-order valence-electron chi connectivity index (χ4n) is 4.54. The van der Waals surface area contributed by atoms with Gasteiger partial charge in [0.2, 0.25) is 5.91 Å². The molecule has 2 fully saturated rings. The summed E-state index contributed by atoms with van der Waals surface area (Å²) in [5.41, 5.74) is 2.79. The third-order valence-electron chi connectivity index (χ3n) is 6.12. The van der Waals surface area contributed by atoms with Gasteiger partial charge in [-0.25, -0.2) is 4.79 Å². The average molecular weight is 360 g/mol. The Hall–Kier alpha value is -1.78. The Morgan fingerprint density at radius 1 is 1.12 bits per heavy atom. The molecule has 0 radical (unpaired) electrons. The minimum atomic E-state index is -0.230. The van der Waals surface area contributed by atoms with E-state index in [4.69, 9.17) is 4.74 Å². The monoisotopic (exact) mass is 360 g/mol. The van der Waals surface area contributed by atoms with Crippen LogP contribution in [-0.2, 0) is 16.1 Å². The second-order valence-corrected chi connectivity index (χ2v) is 7.87. The van der Waals surface area contributed by atoms with Gasteiger partial charge in [-0.1, -0.05) is 0 Å². The Labute approximate surface area is 156 Å². The minimum absolute atomic E-state index is 0.228. The van der Waals surface area contributed by atoms with E-state index >= 15 is 0 Å². The summed E-state index contributed by atoms with van der Waals surface area (Å²) in [6.45, 7) is 9.13. The van der Waals surface area contributed by atoms with E-state index in [-0.39, 0.29) is 11.9 Å². The molecule has 0 bridgehead atoms. The molecule has 1 aromatic heterocycles. The van der Waals surface area contributed by atoms with Crippen LogP contribution in [0.1, 0.15) is 67.2 Å². The first-order valence-electron chi connectivity index (χ1n) is 10.1. The molecule has 1 aromatic rings. The first-order valence-corrected chi connectivity index (χ1v) is 10.1. The molecule has 5 heteroatoms. The summed E-state index contributed by atoms with van der Waals surface area (Å²) in [5, 5.41) is 0. The topological polar surface area (TPSA) is 51.5 Å². The smallest absolute Gasteiger partial charge is 0.339 e. The number of likely N-dealkylation sites (tertiary alicyclic amines) is 1. The van der Waals surface area contributed by atoms with Gasteiger partial charge in [0, 0.05) is 36.9 Å². The molecule has 5 nitrogen and oxygen atoms in total. The maximum Gasteiger partial charge on any atom is 0.339 e. The lowest BCUT2D eigenvalue weighted by Gasteiger charge is -2.31. The Morgan fingerprint density at radius 2 is 1.77 bits per heavy atom. The summed E-state index contributed by atoms with van der Waals surface area (Å²) >= 11 is 0. The molecule has 3 rings (SSSR count). The van der Waals surface area contributed by atoms with Gasteiger partial charge in [0.25, 0.3) is 0 Å². The minimum Gasteiger partial charge on any atom is -0.462 e. The first-order chi connectivity index (χ1) is 12.5. The zero-order valence-electron chi connectivity index (χ0n) is 16.4. The van der Waals surface area contributed by atoms with Crippen molar-refractivity contribution in [2.24, 2.45) is 11.8 Å². The van der Waals surface area contributed by atoms with Crippen LogP contribution in [0.2, 0.25) is 0 Å². The second-order valence-electron chi connectivity index (χ2n) is 7.87. The first kappa shape index (κ1) is 19.0. The maximum absolute atomic E-state index is 12.6. The van der Waals surface area contributed by atoms with E-state index in [1.54, 1.807) is 0 Å². The summed E-state index contributed by atoms with van der Waals surface area (Å²) < 4.78 is 7.41. The van der Waals surface area contributed by atoms with E-state index < -0.39 is 0 Å². The largest absolute Gasteiger partial charge is 0.462 e. The lowest BCUT2D eigenvalue weighted by Crippen LogP contribution is -2.36. The molecule has 1 aliphatic heterocycles. The van der Waals surface area contributed by atoms with Crippen LogP contribution in [0.15, 0.2) is 6.07 Å². The predicted molar refractivity (Wildman–Crippen MR) is 101 cm³/mol. The molecule has 0 spiro atoms. The van der Waals surface area contributed by atoms with Crippen LogP contribution in [-0.4, -0.2) is 41.0 Å². The third kappa shape index (κ3) is 3.97. The molecule has 0 atom stereocenters. The van der Waals surface area contributed by atoms with Gasteiger partial charge in [-0.3, -0.25) is 4.79 Å². The van der Waals surface area contributed by atoms with Crippen LogP contribution in [0.4, 0.5) is 0 Å². The number of esters is 1. The number of rotatable bonds is 5. The summed E-state index contributed by atoms with van der Waals surface area (Å²) in [5.74, 6) is 0.967. The van der Waals surface area contributed by atoms with Gasteiger partial charge in [0.15, 0.2) is 0 Å². The van der Waals surface area contributed by atoms with Gasteiger partial charge in [-0.15, -0.1) is 0 Å². The highest BCUT2D eigenvalue weighted by Crippen LogP contribution is 2.32. The Bertz CT molecular complexity index is 650. The quantitative estimate of drug-likeness (QED) is 0.752. The van der Waals surface area contributed by atoms with E-state index in [1.165, 1.54) is 0 Å². The average Bonchev–Trinajstić information content (AvgIpc) is 3.26. The molecule has 0 N–H and O–H groups in total. The van der Waals surface area contributed by atoms with E-state index in [0.29, 0.717) is 24.0 Å². The van der Waals surface area contributed by atoms with Crippen LogP contribution in [0.3, 0.4) is 0 Å². The zero-order valence-corrected chi connectivity index (χ0v) is 16.4. The van der Waals surface area contributed by atoms with E-state index in [9.17, 15) is 9.59 Å². The normalized spacial score (nSPS) is 23.3. The molecular formula is C21H32N2O3. The third-order valence-corrected chi connectivity index (χ3v) is 6.12. The van der Waals surface area contributed by atoms with Crippen molar-refractivity contribution < 1.29 is 14.3 Å². The van der Waals surface area contributed by atoms with E-state index in [1.807, 2.05) is 19.9 Å². The highest BCUT2D eigenvalue weighted by atomic mass is 16.5. The Morgan fingerprint density at radius 3 is 2.38 bits per heavy atom. The molecule has 1 amide bonds. The summed E-state index contributed by atoms with van der Waals surface area (Å²) in [6.07, 6.45) is 6.52. The van der Waals surface area contributed by atoms with Gasteiger partial charge in [-0.2, -0.15) is 0 Å². The van der Waals surface area contributed by atoms with Crippen molar-refractivity contribution in [2.45, 2.75) is 65.8 Å². The summed E-state index contributed by atoms with van der Waals surface area (Å²) in [4.78, 5) is 26.7. The number of carbonyl (C=O) groups excluding carboxylic acids is 2. The molecule has 2 aliphatic rings. The standard InChI is InChI=1S/C21H32N2O3/c1-4-26-21(25)19-13-15(2)23(16(19)3)14-17-7-9-18(10-8-17)20(24)22-11-5-6-12-22/h13,17-18H,4-12,14H2,1-3H3. The van der Waals surface area contributed by atoms with Gasteiger partial charge in [0.05, 0.1) is 12.2 Å². The van der Waals surface area contributed by atoms with Crippen LogP contribution < -0.4 is 0 Å². The molecule has 1 saturated heterocycles. The molecule has 26 heavy (non-hydrogen) atoms. The van der Waals surface area contributed by atoms with Crippen molar-refractivity contribution in [1.29, 1.82) is 0 Å². The number of hydrogen-bond acceptors (Lipinski definition) is 3. The van der Waals surface area contributed by atoms with Crippen LogP contribution in [0.25, 0.3) is 0 Å². The molecule has 1 saturated carbocycles. The Balaban J connectivity index is 1.58. The number of carbonyl (C=O) groups is 2. The summed E-state index contributed by atoms with van der Waals surface area (Å²) in [6, 6.07) is 1.94. The number of aryl methyl sites for hydroxylation is 1. The van der Waals surface area contributed by atoms with Crippen LogP contribution in [0.5, 0.6) is 0 Å². The fraction of sp³-hybridized carbons (Fsp3) is 0.714. The van der Waals surface area contributed by atoms with Crippen molar-refractivity contribution in [1.82, 2.24) is 9.47 Å². The van der Waals surface area contributed by atoms with Crippen molar-refractivity contribution in [3.05, 3.63) is 23.0 Å². The highest BCUT2D eigenvalue weighted by molar-refractivity contribution is 5.91. The van der Waals surface area contributed by atoms with E-state index in [2.05, 4.69) is 16.4 Å². The van der Waals surface area contributed by atoms with Crippen LogP contribution >= 0.6 is 0 Å². The lowest BCUT2D eigenvalue weighted by atomic mass is 9.81. The number of aromatic nitrogens is 1. The molecular weight excluding hydrogens is 328 g/mol. The molecule has 0 aromatic carbocycles. The van der Waals surface area contributed by atoms with Crippen molar-refractivity contribution >= 4 is 11.9 Å². The van der Waals surface area contributed by atoms with Gasteiger partial charge >= 0.3 is 5.97 Å². The van der Waals surface area contributed by atoms with Crippen molar-refractivity contribution in [3.8, 4) is 0 Å². The maximum atomic E-state index is 12.6. The second kappa shape index (κ2) is 8.28. The van der Waals surface area contributed by atoms with Gasteiger partial charge in [-0.05, 0) is 71.3 Å². The van der Waals surface area contributed by atoms with Crippen LogP contribution in [0, 0.1) is 25.7 Å². The lowest BCUT2D eigenvalue weighted by molar-refractivity contribution is -0.135. The number of nitrogens with zero attached hydrogens (tertiary/aromatic N) is 2. The predicted octanol–water partition coefficient (Wildman–Crippen LogP) is 3.71. The molecule has 1 aliphatic carbocycles. The SMILES string of the molecule is CCOC(=O)c1cc(C)n(CC2CCC(C(=O)N3CCCC3)CC2)c1C. The van der Waals surface area contributed by atoms with Gasteiger partial charge < -0.3 is 14.2 Å². The zero-order chi connectivity index (χ0) is 18.7. The molecule has 0 unspecified atom stereocenters. The van der Waals surface area contributed by atoms with Crippen molar-refractivity contribution in [3.63, 3.8) is 0 Å². The number of amides is 1. The Kier molecular flexibility index (Phi) is 6.05. The summed E-state index contributed by atoms with van der Waals surface area (Å²) in [7, 11) is 0. The highest BCUT2D eigenvalue weighted by Gasteiger charge is 2.31.